The zero-order valence-corrected chi connectivity index (χ0v) is 17.2. The maximum absolute atomic E-state index is 13.6. The van der Waals surface area contributed by atoms with E-state index in [9.17, 15) is 8.78 Å². The maximum atomic E-state index is 13.6. The van der Waals surface area contributed by atoms with Crippen molar-refractivity contribution in [1.29, 1.82) is 0 Å². The minimum atomic E-state index is -0.978. The second-order valence-corrected chi connectivity index (χ2v) is 7.21. The monoisotopic (exact) mass is 433 g/mol. The molecule has 30 heavy (non-hydrogen) atoms. The van der Waals surface area contributed by atoms with Gasteiger partial charge in [-0.1, -0.05) is 18.2 Å². The van der Waals surface area contributed by atoms with E-state index in [1.807, 2.05) is 16.7 Å². The third kappa shape index (κ3) is 4.85. The first-order valence-electron chi connectivity index (χ1n) is 9.20. The Kier molecular flexibility index (Phi) is 6.51. The van der Waals surface area contributed by atoms with Gasteiger partial charge in [0, 0.05) is 55.4 Å². The molecule has 3 rings (SSSR count). The Hall–Kier alpha value is -3.20. The molecule has 4 N–H and O–H groups in total. The van der Waals surface area contributed by atoms with Crippen LogP contribution < -0.4 is 16.4 Å². The Morgan fingerprint density at radius 1 is 1.23 bits per heavy atom. The number of benzene rings is 1. The lowest BCUT2D eigenvalue weighted by Gasteiger charge is -2.41. The van der Waals surface area contributed by atoms with E-state index in [4.69, 9.17) is 23.1 Å². The van der Waals surface area contributed by atoms with Crippen molar-refractivity contribution >= 4 is 29.0 Å². The van der Waals surface area contributed by atoms with Crippen LogP contribution in [0.4, 0.5) is 14.6 Å². The summed E-state index contributed by atoms with van der Waals surface area (Å²) in [5, 5.41) is 0.338. The second-order valence-electron chi connectivity index (χ2n) is 6.85. The molecule has 10 heteroatoms. The highest BCUT2D eigenvalue weighted by Gasteiger charge is 2.27. The van der Waals surface area contributed by atoms with Crippen LogP contribution in [0.25, 0.3) is 5.70 Å². The number of halogens is 3. The van der Waals surface area contributed by atoms with E-state index in [2.05, 4.69) is 21.5 Å². The first-order chi connectivity index (χ1) is 14.3. The predicted octanol–water partition coefficient (Wildman–Crippen LogP) is 2.75. The van der Waals surface area contributed by atoms with Crippen LogP contribution in [0.2, 0.25) is 5.15 Å². The average molecular weight is 434 g/mol. The average Bonchev–Trinajstić information content (AvgIpc) is 2.69. The van der Waals surface area contributed by atoms with Gasteiger partial charge in [-0.05, 0) is 25.1 Å². The van der Waals surface area contributed by atoms with E-state index in [1.54, 1.807) is 12.3 Å². The molecule has 0 radical (unpaired) electrons. The summed E-state index contributed by atoms with van der Waals surface area (Å²) in [7, 11) is 0. The molecule has 0 unspecified atom stereocenters. The Labute approximate surface area is 178 Å². The summed E-state index contributed by atoms with van der Waals surface area (Å²) in [5.74, 6) is -0.728. The molecular formula is C20H22ClF2N7. The Balaban J connectivity index is 1.85. The number of hydrogen-bond acceptors (Lipinski definition) is 6. The van der Waals surface area contributed by atoms with Gasteiger partial charge in [-0.25, -0.2) is 23.7 Å². The first kappa shape index (κ1) is 21.5. The number of hydrogen-bond donors (Lipinski definition) is 2. The standard InChI is InChI=1S/C20H22ClF2N7/c1-12-11-29(20-19(21)26-5-6-27-20)7-8-30(12)18(28-13(2)24)10-17(25)14-3-4-15(22)16(23)9-14/h3-6,9-10,12H,2,7-8,11,24-25H2,1H3/b17-10-,28-18+/t12-/m1/s1. The first-order valence-corrected chi connectivity index (χ1v) is 9.58. The topological polar surface area (TPSA) is 96.7 Å². The lowest BCUT2D eigenvalue weighted by molar-refractivity contribution is 0.298. The van der Waals surface area contributed by atoms with E-state index < -0.39 is 11.6 Å². The second kappa shape index (κ2) is 9.08. The van der Waals surface area contributed by atoms with Crippen LogP contribution in [0.5, 0.6) is 0 Å². The fourth-order valence-electron chi connectivity index (χ4n) is 3.24. The van der Waals surface area contributed by atoms with Gasteiger partial charge in [0.05, 0.1) is 0 Å². The molecule has 1 atom stereocenters. The summed E-state index contributed by atoms with van der Waals surface area (Å²) in [6, 6.07) is 3.45. The van der Waals surface area contributed by atoms with Crippen LogP contribution in [0.1, 0.15) is 12.5 Å². The summed E-state index contributed by atoms with van der Waals surface area (Å²) in [6.07, 6.45) is 4.70. The molecule has 1 aromatic carbocycles. The van der Waals surface area contributed by atoms with Gasteiger partial charge in [0.2, 0.25) is 0 Å². The number of rotatable bonds is 4. The highest BCUT2D eigenvalue weighted by molar-refractivity contribution is 6.31. The van der Waals surface area contributed by atoms with Crippen molar-refractivity contribution in [2.24, 2.45) is 16.5 Å². The predicted molar refractivity (Wildman–Crippen MR) is 115 cm³/mol. The lowest BCUT2D eigenvalue weighted by atomic mass is 10.1. The number of aromatic nitrogens is 2. The highest BCUT2D eigenvalue weighted by atomic mass is 35.5. The summed E-state index contributed by atoms with van der Waals surface area (Å²) >= 11 is 6.17. The van der Waals surface area contributed by atoms with Crippen molar-refractivity contribution < 1.29 is 8.78 Å². The van der Waals surface area contributed by atoms with Gasteiger partial charge in [-0.2, -0.15) is 0 Å². The van der Waals surface area contributed by atoms with Crippen LogP contribution >= 0.6 is 11.6 Å². The molecule has 158 valence electrons. The molecule has 1 fully saturated rings. The van der Waals surface area contributed by atoms with Gasteiger partial charge in [0.25, 0.3) is 0 Å². The summed E-state index contributed by atoms with van der Waals surface area (Å²) in [4.78, 5) is 16.7. The van der Waals surface area contributed by atoms with E-state index in [0.29, 0.717) is 42.0 Å². The molecule has 0 bridgehead atoms. The fourth-order valence-corrected chi connectivity index (χ4v) is 3.47. The number of nitrogens with zero attached hydrogens (tertiary/aromatic N) is 5. The van der Waals surface area contributed by atoms with Gasteiger partial charge in [-0.3, -0.25) is 0 Å². The number of nitrogens with two attached hydrogens (primary N) is 2. The zero-order valence-electron chi connectivity index (χ0n) is 16.4. The normalized spacial score (nSPS) is 17.9. The maximum Gasteiger partial charge on any atom is 0.171 e. The van der Waals surface area contributed by atoms with Gasteiger partial charge < -0.3 is 21.3 Å². The third-order valence-corrected chi connectivity index (χ3v) is 4.92. The molecule has 0 amide bonds. The largest absolute Gasteiger partial charge is 0.398 e. The Bertz CT molecular complexity index is 1010. The van der Waals surface area contributed by atoms with Crippen molar-refractivity contribution in [3.05, 3.63) is 71.4 Å². The van der Waals surface area contributed by atoms with Gasteiger partial charge in [0.15, 0.2) is 22.6 Å². The van der Waals surface area contributed by atoms with E-state index in [1.165, 1.54) is 12.3 Å². The quantitative estimate of drug-likeness (QED) is 0.568. The highest BCUT2D eigenvalue weighted by Crippen LogP contribution is 2.24. The summed E-state index contributed by atoms with van der Waals surface area (Å²) < 4.78 is 26.8. The van der Waals surface area contributed by atoms with Gasteiger partial charge in [0.1, 0.15) is 11.7 Å². The third-order valence-electron chi connectivity index (χ3n) is 4.65. The number of piperazine rings is 1. The van der Waals surface area contributed by atoms with Gasteiger partial charge in [-0.15, -0.1) is 0 Å². The smallest absolute Gasteiger partial charge is 0.171 e. The fraction of sp³-hybridized carbons (Fsp3) is 0.250. The molecule has 2 heterocycles. The van der Waals surface area contributed by atoms with Crippen molar-refractivity contribution in [3.63, 3.8) is 0 Å². The Morgan fingerprint density at radius 2 is 1.97 bits per heavy atom. The molecule has 7 nitrogen and oxygen atoms in total. The number of anilines is 1. The minimum absolute atomic E-state index is 0.0103. The molecule has 0 saturated carbocycles. The molecule has 1 aromatic heterocycles. The SMILES string of the molecule is C=C(N)/N=C(\C=C(/N)c1ccc(F)c(F)c1)N1CCN(c2nccnc2Cl)C[C@H]1C. The molecule has 1 aliphatic heterocycles. The molecule has 2 aromatic rings. The van der Waals surface area contributed by atoms with Crippen LogP contribution in [0, 0.1) is 11.6 Å². The number of amidine groups is 1. The van der Waals surface area contributed by atoms with E-state index in [-0.39, 0.29) is 17.6 Å². The van der Waals surface area contributed by atoms with Crippen LogP contribution in [0.15, 0.2) is 54.1 Å². The summed E-state index contributed by atoms with van der Waals surface area (Å²) in [6.45, 7) is 7.42. The van der Waals surface area contributed by atoms with Crippen LogP contribution in [0.3, 0.4) is 0 Å². The van der Waals surface area contributed by atoms with Crippen molar-refractivity contribution in [3.8, 4) is 0 Å². The minimum Gasteiger partial charge on any atom is -0.398 e. The number of aliphatic imine (C=N–C) groups is 1. The Morgan fingerprint density at radius 3 is 2.60 bits per heavy atom. The molecule has 0 spiro atoms. The van der Waals surface area contributed by atoms with Crippen molar-refractivity contribution in [2.75, 3.05) is 24.5 Å². The van der Waals surface area contributed by atoms with E-state index in [0.717, 1.165) is 12.1 Å². The van der Waals surface area contributed by atoms with Crippen molar-refractivity contribution in [1.82, 2.24) is 14.9 Å². The molecule has 0 aliphatic carbocycles. The summed E-state index contributed by atoms with van der Waals surface area (Å²) in [5.41, 5.74) is 12.4. The van der Waals surface area contributed by atoms with E-state index >= 15 is 0 Å². The molecule has 1 saturated heterocycles. The zero-order chi connectivity index (χ0) is 21.8. The lowest BCUT2D eigenvalue weighted by Crippen LogP contribution is -2.54. The van der Waals surface area contributed by atoms with Gasteiger partial charge >= 0.3 is 0 Å². The molecule has 1 aliphatic rings. The van der Waals surface area contributed by atoms with Crippen LogP contribution in [-0.4, -0.2) is 46.4 Å². The van der Waals surface area contributed by atoms with Crippen molar-refractivity contribution in [2.45, 2.75) is 13.0 Å². The van der Waals surface area contributed by atoms with Crippen LogP contribution in [-0.2, 0) is 0 Å². The molecular weight excluding hydrogens is 412 g/mol.